The van der Waals surface area contributed by atoms with Gasteiger partial charge in [0.2, 0.25) is 0 Å². The molecule has 1 rings (SSSR count). The Morgan fingerprint density at radius 2 is 1.91 bits per heavy atom. The summed E-state index contributed by atoms with van der Waals surface area (Å²) in [6, 6.07) is -1.09. The minimum absolute atomic E-state index is 1.09. The molecular weight excluding hydrogens is 176 g/mol. The molecule has 0 bridgehead atoms. The number of rotatable bonds is 0. The fourth-order valence-corrected chi connectivity index (χ4v) is 0.980. The Balaban J connectivity index is 3.18. The molecule has 1 aliphatic rings. The van der Waals surface area contributed by atoms with Crippen molar-refractivity contribution in [3.8, 4) is 0 Å². The molecule has 0 spiro atoms. The maximum Gasteiger partial charge on any atom is 0.349 e. The topological polar surface area (TPSA) is 113 Å². The number of hydrogen-bond acceptors (Lipinski definition) is 4. The van der Waals surface area contributed by atoms with Crippen LogP contribution in [-0.2, 0) is 14.9 Å². The summed E-state index contributed by atoms with van der Waals surface area (Å²) < 4.78 is 28.6. The average molecular weight is 178 g/mol. The van der Waals surface area contributed by atoms with Gasteiger partial charge in [0.15, 0.2) is 0 Å². The smallest absolute Gasteiger partial charge is 0.280 e. The second kappa shape index (κ2) is 2.10. The van der Waals surface area contributed by atoms with E-state index in [4.69, 9.17) is 4.55 Å². The SMILES string of the molecule is O=C1N=C(S(=O)(=O)O)C(=O)N1. The number of hydrogen-bond donors (Lipinski definition) is 2. The summed E-state index contributed by atoms with van der Waals surface area (Å²) >= 11 is 0. The molecule has 0 saturated carbocycles. The van der Waals surface area contributed by atoms with Crippen LogP contribution in [0.4, 0.5) is 4.79 Å². The second-order valence-electron chi connectivity index (χ2n) is 1.65. The highest BCUT2D eigenvalue weighted by molar-refractivity contribution is 8.03. The molecule has 8 heteroatoms. The molecule has 0 aromatic heterocycles. The van der Waals surface area contributed by atoms with Crippen LogP contribution in [0.3, 0.4) is 0 Å². The van der Waals surface area contributed by atoms with Crippen molar-refractivity contribution in [2.45, 2.75) is 0 Å². The summed E-state index contributed by atoms with van der Waals surface area (Å²) in [4.78, 5) is 23.4. The Hall–Kier alpha value is -1.28. The molecule has 2 N–H and O–H groups in total. The van der Waals surface area contributed by atoms with Gasteiger partial charge in [-0.05, 0) is 0 Å². The molecule has 0 saturated heterocycles. The quantitative estimate of drug-likeness (QED) is 0.439. The number of nitrogens with zero attached hydrogens (tertiary/aromatic N) is 1. The van der Waals surface area contributed by atoms with Crippen LogP contribution in [0.5, 0.6) is 0 Å². The number of carbonyl (C=O) groups excluding carboxylic acids is 2. The summed E-state index contributed by atoms with van der Waals surface area (Å²) in [6.07, 6.45) is 0. The molecule has 7 nitrogen and oxygen atoms in total. The number of nitrogens with one attached hydrogen (secondary N) is 1. The molecule has 1 aliphatic heterocycles. The van der Waals surface area contributed by atoms with Crippen molar-refractivity contribution in [2.24, 2.45) is 4.99 Å². The maximum atomic E-state index is 10.4. The van der Waals surface area contributed by atoms with Crippen LogP contribution in [0.15, 0.2) is 4.99 Å². The standard InChI is InChI=1S/C3H2N2O5S/c6-1-2(11(8,9)10)5-3(7)4-1/h(H,4,6,7)(H,8,9,10). The Kier molecular flexibility index (Phi) is 1.50. The van der Waals surface area contributed by atoms with E-state index >= 15 is 0 Å². The van der Waals surface area contributed by atoms with Crippen molar-refractivity contribution < 1.29 is 22.6 Å². The summed E-state index contributed by atoms with van der Waals surface area (Å²) in [5.74, 6) is -1.21. The molecule has 0 fully saturated rings. The average Bonchev–Trinajstić information content (AvgIpc) is 2.08. The highest BCUT2D eigenvalue weighted by Crippen LogP contribution is 1.97. The van der Waals surface area contributed by atoms with Crippen molar-refractivity contribution in [3.05, 3.63) is 0 Å². The molecule has 0 radical (unpaired) electrons. The predicted octanol–water partition coefficient (Wildman–Crippen LogP) is -1.48. The van der Waals surface area contributed by atoms with Crippen LogP contribution in [0.25, 0.3) is 0 Å². The van der Waals surface area contributed by atoms with Gasteiger partial charge in [0.1, 0.15) is 0 Å². The first kappa shape index (κ1) is 7.82. The van der Waals surface area contributed by atoms with Gasteiger partial charge in [0.25, 0.3) is 11.0 Å². The monoisotopic (exact) mass is 178 g/mol. The summed E-state index contributed by atoms with van der Waals surface area (Å²) in [5, 5.41) is 0.388. The van der Waals surface area contributed by atoms with E-state index in [9.17, 15) is 18.0 Å². The van der Waals surface area contributed by atoms with Crippen molar-refractivity contribution in [2.75, 3.05) is 0 Å². The van der Waals surface area contributed by atoms with Gasteiger partial charge in [-0.25, -0.2) is 4.79 Å². The summed E-state index contributed by atoms with van der Waals surface area (Å²) in [6.45, 7) is 0. The van der Waals surface area contributed by atoms with Crippen molar-refractivity contribution in [1.29, 1.82) is 0 Å². The molecular formula is C3H2N2O5S. The van der Waals surface area contributed by atoms with Crippen LogP contribution in [0, 0.1) is 0 Å². The van der Waals surface area contributed by atoms with Crippen molar-refractivity contribution >= 4 is 27.1 Å². The molecule has 0 aromatic carbocycles. The Bertz CT molecular complexity index is 352. The number of aliphatic imine (C=N–C) groups is 1. The van der Waals surface area contributed by atoms with E-state index in [2.05, 4.69) is 4.99 Å². The van der Waals surface area contributed by atoms with Gasteiger partial charge in [-0.2, -0.15) is 13.4 Å². The first-order chi connectivity index (χ1) is 4.91. The van der Waals surface area contributed by atoms with Crippen LogP contribution in [0.2, 0.25) is 0 Å². The van der Waals surface area contributed by atoms with Crippen molar-refractivity contribution in [3.63, 3.8) is 0 Å². The van der Waals surface area contributed by atoms with E-state index in [0.29, 0.717) is 0 Å². The molecule has 3 amide bonds. The molecule has 0 unspecified atom stereocenters. The molecule has 60 valence electrons. The number of carbonyl (C=O) groups is 2. The van der Waals surface area contributed by atoms with Gasteiger partial charge in [-0.15, -0.1) is 0 Å². The molecule has 0 aliphatic carbocycles. The predicted molar refractivity (Wildman–Crippen MR) is 32.5 cm³/mol. The van der Waals surface area contributed by atoms with Crippen LogP contribution in [-0.4, -0.2) is 30.0 Å². The lowest BCUT2D eigenvalue weighted by molar-refractivity contribution is -0.113. The first-order valence-electron chi connectivity index (χ1n) is 2.33. The third kappa shape index (κ3) is 1.41. The molecule has 0 aromatic rings. The van der Waals surface area contributed by atoms with Crippen molar-refractivity contribution in [1.82, 2.24) is 5.32 Å². The lowest BCUT2D eigenvalue weighted by Crippen LogP contribution is -2.29. The van der Waals surface area contributed by atoms with Gasteiger partial charge in [-0.3, -0.25) is 14.7 Å². The van der Waals surface area contributed by atoms with Gasteiger partial charge >= 0.3 is 16.1 Å². The van der Waals surface area contributed by atoms with E-state index < -0.39 is 27.1 Å². The number of imide groups is 1. The van der Waals surface area contributed by atoms with Crippen LogP contribution >= 0.6 is 0 Å². The minimum Gasteiger partial charge on any atom is -0.280 e. The first-order valence-corrected chi connectivity index (χ1v) is 3.77. The molecule has 1 heterocycles. The van der Waals surface area contributed by atoms with Gasteiger partial charge in [0.05, 0.1) is 0 Å². The highest BCUT2D eigenvalue weighted by Gasteiger charge is 2.32. The van der Waals surface area contributed by atoms with E-state index in [1.807, 2.05) is 0 Å². The van der Waals surface area contributed by atoms with Gasteiger partial charge < -0.3 is 0 Å². The summed E-state index contributed by atoms with van der Waals surface area (Å²) in [7, 11) is -4.67. The number of urea groups is 1. The second-order valence-corrected chi connectivity index (χ2v) is 2.99. The van der Waals surface area contributed by atoms with Crippen LogP contribution in [0.1, 0.15) is 0 Å². The van der Waals surface area contributed by atoms with E-state index in [-0.39, 0.29) is 0 Å². The third-order valence-corrected chi connectivity index (χ3v) is 1.63. The fourth-order valence-electron chi connectivity index (χ4n) is 0.496. The Labute approximate surface area is 60.9 Å². The van der Waals surface area contributed by atoms with Crippen LogP contribution < -0.4 is 5.32 Å². The highest BCUT2D eigenvalue weighted by atomic mass is 32.2. The fraction of sp³-hybridized carbons (Fsp3) is 0. The minimum atomic E-state index is -4.67. The Morgan fingerprint density at radius 3 is 2.09 bits per heavy atom. The largest absolute Gasteiger partial charge is 0.349 e. The van der Waals surface area contributed by atoms with Gasteiger partial charge in [-0.1, -0.05) is 0 Å². The van der Waals surface area contributed by atoms with E-state index in [0.717, 1.165) is 0 Å². The van der Waals surface area contributed by atoms with E-state index in [1.165, 1.54) is 0 Å². The lowest BCUT2D eigenvalue weighted by atomic mass is 10.7. The van der Waals surface area contributed by atoms with Gasteiger partial charge in [0, 0.05) is 0 Å². The number of amides is 3. The maximum absolute atomic E-state index is 10.4. The zero-order chi connectivity index (χ0) is 8.65. The zero-order valence-electron chi connectivity index (χ0n) is 4.94. The lowest BCUT2D eigenvalue weighted by Gasteiger charge is -1.88. The van der Waals surface area contributed by atoms with E-state index in [1.54, 1.807) is 5.32 Å². The third-order valence-electron chi connectivity index (χ3n) is 0.862. The Morgan fingerprint density at radius 1 is 1.36 bits per heavy atom. The molecule has 0 atom stereocenters. The normalized spacial score (nSPS) is 18.1. The zero-order valence-corrected chi connectivity index (χ0v) is 5.75. The summed E-state index contributed by atoms with van der Waals surface area (Å²) in [5.41, 5.74) is 0. The molecule has 11 heavy (non-hydrogen) atoms.